The van der Waals surface area contributed by atoms with Crippen LogP contribution in [0.5, 0.6) is 0 Å². The molecule has 0 amide bonds. The third kappa shape index (κ3) is 12.2. The van der Waals surface area contributed by atoms with Crippen molar-refractivity contribution >= 4 is 24.5 Å². The van der Waals surface area contributed by atoms with Gasteiger partial charge in [0.15, 0.2) is 5.96 Å². The standard InChI is InChI=1S/C22H34N8/c1-27-21(25)28-15-7-4-2-3-5-8-16-29-22(26)30-17-9-6-10-18-11-13-19(14-12-18)20(23)24/h11-14H,1-5,7-9,15-17H2,(H3,23,24)(H2,25,28)(H3,26,29,30). The number of hydrogen-bond acceptors (Lipinski definition) is 3. The lowest BCUT2D eigenvalue weighted by molar-refractivity contribution is 0.583. The molecule has 0 heterocycles. The van der Waals surface area contributed by atoms with E-state index in [9.17, 15) is 0 Å². The summed E-state index contributed by atoms with van der Waals surface area (Å²) in [6.07, 6.45) is 7.39. The Bertz CT molecular complexity index is 743. The lowest BCUT2D eigenvalue weighted by atomic mass is 10.1. The fourth-order valence-electron chi connectivity index (χ4n) is 2.64. The maximum absolute atomic E-state index is 7.86. The number of benzene rings is 1. The van der Waals surface area contributed by atoms with E-state index in [4.69, 9.17) is 22.0 Å². The molecular formula is C22H34N8. The van der Waals surface area contributed by atoms with E-state index in [1.807, 2.05) is 12.1 Å². The molecule has 0 radical (unpaired) electrons. The SMILES string of the molecule is C=NC(=N)NCCCCCCCCNC(=N)NCCC#Cc1ccc(C(=N)N)cc1. The van der Waals surface area contributed by atoms with Gasteiger partial charge in [0.25, 0.3) is 0 Å². The number of guanidine groups is 2. The second kappa shape index (κ2) is 15.6. The monoisotopic (exact) mass is 410 g/mol. The molecule has 0 aliphatic carbocycles. The molecule has 0 atom stereocenters. The molecule has 0 unspecified atom stereocenters. The molecule has 0 fully saturated rings. The Morgan fingerprint density at radius 1 is 0.867 bits per heavy atom. The van der Waals surface area contributed by atoms with E-state index in [1.165, 1.54) is 12.8 Å². The van der Waals surface area contributed by atoms with Crippen molar-refractivity contribution < 1.29 is 0 Å². The van der Waals surface area contributed by atoms with Crippen molar-refractivity contribution in [2.75, 3.05) is 19.6 Å². The van der Waals surface area contributed by atoms with Crippen LogP contribution < -0.4 is 21.7 Å². The minimum Gasteiger partial charge on any atom is -0.384 e. The highest BCUT2D eigenvalue weighted by Crippen LogP contribution is 2.04. The van der Waals surface area contributed by atoms with Gasteiger partial charge < -0.3 is 21.7 Å². The summed E-state index contributed by atoms with van der Waals surface area (Å²) in [7, 11) is 0. The molecule has 30 heavy (non-hydrogen) atoms. The van der Waals surface area contributed by atoms with Crippen LogP contribution in [-0.4, -0.2) is 44.1 Å². The van der Waals surface area contributed by atoms with Crippen molar-refractivity contribution in [3.63, 3.8) is 0 Å². The van der Waals surface area contributed by atoms with E-state index in [0.29, 0.717) is 24.5 Å². The maximum Gasteiger partial charge on any atom is 0.214 e. The van der Waals surface area contributed by atoms with E-state index in [2.05, 4.69) is 39.5 Å². The molecule has 0 saturated carbocycles. The molecule has 0 aliphatic heterocycles. The second-order valence-electron chi connectivity index (χ2n) is 6.83. The first-order valence-corrected chi connectivity index (χ1v) is 10.3. The van der Waals surface area contributed by atoms with Crippen LogP contribution in [0.15, 0.2) is 29.3 Å². The summed E-state index contributed by atoms with van der Waals surface area (Å²) in [6, 6.07) is 7.28. The van der Waals surface area contributed by atoms with Crippen molar-refractivity contribution in [3.05, 3.63) is 35.4 Å². The minimum atomic E-state index is 0.0537. The summed E-state index contributed by atoms with van der Waals surface area (Å²) < 4.78 is 0. The first-order chi connectivity index (χ1) is 14.5. The average molecular weight is 411 g/mol. The second-order valence-corrected chi connectivity index (χ2v) is 6.83. The molecule has 8 nitrogen and oxygen atoms in total. The van der Waals surface area contributed by atoms with Gasteiger partial charge in [0.2, 0.25) is 5.96 Å². The normalized spacial score (nSPS) is 9.73. The Balaban J connectivity index is 1.97. The molecular weight excluding hydrogens is 376 g/mol. The van der Waals surface area contributed by atoms with Gasteiger partial charge in [0, 0.05) is 37.2 Å². The zero-order valence-electron chi connectivity index (χ0n) is 17.6. The Labute approximate surface area is 179 Å². The first-order valence-electron chi connectivity index (χ1n) is 10.3. The van der Waals surface area contributed by atoms with Crippen LogP contribution in [0.4, 0.5) is 0 Å². The number of nitrogens with zero attached hydrogens (tertiary/aromatic N) is 1. The number of nitrogens with one attached hydrogen (secondary N) is 6. The summed E-state index contributed by atoms with van der Waals surface area (Å²) in [4.78, 5) is 3.49. The molecule has 0 spiro atoms. The third-order valence-electron chi connectivity index (χ3n) is 4.34. The molecule has 8 N–H and O–H groups in total. The predicted molar refractivity (Wildman–Crippen MR) is 126 cm³/mol. The lowest BCUT2D eigenvalue weighted by Crippen LogP contribution is -2.37. The van der Waals surface area contributed by atoms with Gasteiger partial charge in [-0.05, 0) is 31.7 Å². The Morgan fingerprint density at radius 3 is 2.03 bits per heavy atom. The fraction of sp³-hybridized carbons (Fsp3) is 0.455. The molecule has 0 bridgehead atoms. The Kier molecular flexibility index (Phi) is 12.8. The molecule has 8 heteroatoms. The van der Waals surface area contributed by atoms with Gasteiger partial charge in [0.1, 0.15) is 5.84 Å². The van der Waals surface area contributed by atoms with Gasteiger partial charge in [-0.3, -0.25) is 16.2 Å². The van der Waals surface area contributed by atoms with E-state index in [1.54, 1.807) is 12.1 Å². The number of nitrogens with two attached hydrogens (primary N) is 1. The molecule has 0 saturated heterocycles. The molecule has 1 rings (SSSR count). The number of nitrogen functional groups attached to an aromatic ring is 1. The fourth-order valence-corrected chi connectivity index (χ4v) is 2.64. The predicted octanol–water partition coefficient (Wildman–Crippen LogP) is 2.39. The summed E-state index contributed by atoms with van der Waals surface area (Å²) in [5, 5.41) is 31.5. The molecule has 0 aromatic heterocycles. The summed E-state index contributed by atoms with van der Waals surface area (Å²) in [5.74, 6) is 6.67. The molecule has 1 aromatic carbocycles. The molecule has 1 aromatic rings. The molecule has 0 aliphatic rings. The Hall–Kier alpha value is -3.34. The highest BCUT2D eigenvalue weighted by molar-refractivity contribution is 5.94. The number of aliphatic imine (C=N–C) groups is 1. The average Bonchev–Trinajstić information content (AvgIpc) is 2.74. The van der Waals surface area contributed by atoms with Crippen molar-refractivity contribution in [3.8, 4) is 11.8 Å². The highest BCUT2D eigenvalue weighted by atomic mass is 15.1. The van der Waals surface area contributed by atoms with Crippen LogP contribution in [0.2, 0.25) is 0 Å². The van der Waals surface area contributed by atoms with Gasteiger partial charge in [-0.2, -0.15) is 0 Å². The van der Waals surface area contributed by atoms with E-state index in [-0.39, 0.29) is 11.8 Å². The van der Waals surface area contributed by atoms with Crippen molar-refractivity contribution in [1.82, 2.24) is 16.0 Å². The number of rotatable bonds is 12. The quantitative estimate of drug-likeness (QED) is 0.123. The van der Waals surface area contributed by atoms with E-state index in [0.717, 1.165) is 44.3 Å². The minimum absolute atomic E-state index is 0.0537. The van der Waals surface area contributed by atoms with Gasteiger partial charge in [-0.25, -0.2) is 4.99 Å². The van der Waals surface area contributed by atoms with Crippen molar-refractivity contribution in [2.24, 2.45) is 10.7 Å². The van der Waals surface area contributed by atoms with Crippen LogP contribution in [0.1, 0.15) is 56.1 Å². The van der Waals surface area contributed by atoms with Gasteiger partial charge in [-0.15, -0.1) is 0 Å². The van der Waals surface area contributed by atoms with Crippen LogP contribution in [0.3, 0.4) is 0 Å². The first kappa shape index (κ1) is 24.7. The smallest absolute Gasteiger partial charge is 0.214 e. The van der Waals surface area contributed by atoms with Crippen LogP contribution >= 0.6 is 0 Å². The van der Waals surface area contributed by atoms with Crippen molar-refractivity contribution in [2.45, 2.75) is 44.9 Å². The van der Waals surface area contributed by atoms with Crippen LogP contribution in [0.25, 0.3) is 0 Å². The topological polar surface area (TPSA) is 146 Å². The van der Waals surface area contributed by atoms with E-state index >= 15 is 0 Å². The van der Waals surface area contributed by atoms with Crippen molar-refractivity contribution in [1.29, 1.82) is 16.2 Å². The van der Waals surface area contributed by atoms with Gasteiger partial charge in [0.05, 0.1) is 0 Å². The maximum atomic E-state index is 7.86. The summed E-state index contributed by atoms with van der Waals surface area (Å²) in [6.45, 7) is 5.49. The van der Waals surface area contributed by atoms with Crippen LogP contribution in [0, 0.1) is 28.1 Å². The number of unbranched alkanes of at least 4 members (excludes halogenated alkanes) is 5. The van der Waals surface area contributed by atoms with Gasteiger partial charge >= 0.3 is 0 Å². The number of hydrogen-bond donors (Lipinski definition) is 7. The third-order valence-corrected chi connectivity index (χ3v) is 4.34. The summed E-state index contributed by atoms with van der Waals surface area (Å²) in [5.41, 5.74) is 7.01. The lowest BCUT2D eigenvalue weighted by Gasteiger charge is -2.09. The zero-order chi connectivity index (χ0) is 22.0. The van der Waals surface area contributed by atoms with Crippen LogP contribution in [-0.2, 0) is 0 Å². The number of amidine groups is 1. The Morgan fingerprint density at radius 2 is 1.43 bits per heavy atom. The van der Waals surface area contributed by atoms with E-state index < -0.39 is 0 Å². The zero-order valence-corrected chi connectivity index (χ0v) is 17.6. The van der Waals surface area contributed by atoms with Gasteiger partial charge in [-0.1, -0.05) is 49.7 Å². The highest BCUT2D eigenvalue weighted by Gasteiger charge is 1.96. The largest absolute Gasteiger partial charge is 0.384 e. The molecule has 162 valence electrons. The summed E-state index contributed by atoms with van der Waals surface area (Å²) >= 11 is 0.